The third-order valence-corrected chi connectivity index (χ3v) is 10.7. The van der Waals surface area contributed by atoms with E-state index >= 15 is 0 Å². The molecule has 3 unspecified atom stereocenters. The van der Waals surface area contributed by atoms with E-state index in [1.54, 1.807) is 6.08 Å². The van der Waals surface area contributed by atoms with Crippen LogP contribution in [0.5, 0.6) is 0 Å². The molecule has 0 saturated carbocycles. The molecule has 0 aromatic carbocycles. The second kappa shape index (κ2) is 35.0. The van der Waals surface area contributed by atoms with Crippen LogP contribution in [0.2, 0.25) is 0 Å². The Labute approximate surface area is 316 Å². The monoisotopic (exact) mass is 745 g/mol. The van der Waals surface area contributed by atoms with Crippen molar-refractivity contribution < 1.29 is 32.9 Å². The van der Waals surface area contributed by atoms with E-state index in [0.29, 0.717) is 17.4 Å². The number of aliphatic hydroxyl groups excluding tert-OH is 1. The number of nitrogens with zero attached hydrogens (tertiary/aromatic N) is 1. The Kier molecular flexibility index (Phi) is 34.5. The molecule has 1 amide bonds. The van der Waals surface area contributed by atoms with Gasteiger partial charge in [0.15, 0.2) is 0 Å². The summed E-state index contributed by atoms with van der Waals surface area (Å²) in [6, 6.07) is -0.877. The van der Waals surface area contributed by atoms with Gasteiger partial charge in [0.2, 0.25) is 5.91 Å². The van der Waals surface area contributed by atoms with Crippen LogP contribution in [0.15, 0.2) is 12.2 Å². The predicted octanol–water partition coefficient (Wildman–Crippen LogP) is 10.9. The molecule has 0 saturated heterocycles. The number of hydrogen-bond acceptors (Lipinski definition) is 6. The van der Waals surface area contributed by atoms with Crippen LogP contribution in [-0.4, -0.2) is 68.5 Å². The SMILES string of the molecule is CCCCCCCCCCCCCCCCCCCCCCC/C=C/C(O)C(COP(=O)([O-])OCC[N+](C)(C)C)NC(=O)CCCCCCCC. The van der Waals surface area contributed by atoms with E-state index in [4.69, 9.17) is 9.05 Å². The van der Waals surface area contributed by atoms with Gasteiger partial charge >= 0.3 is 0 Å². The maximum absolute atomic E-state index is 12.6. The zero-order valence-electron chi connectivity index (χ0n) is 34.3. The highest BCUT2D eigenvalue weighted by Crippen LogP contribution is 2.38. The van der Waals surface area contributed by atoms with E-state index in [1.165, 1.54) is 141 Å². The number of amides is 1. The zero-order valence-corrected chi connectivity index (χ0v) is 35.2. The number of hydrogen-bond donors (Lipinski definition) is 2. The number of aliphatic hydroxyl groups is 1. The molecule has 0 aliphatic carbocycles. The number of allylic oxidation sites excluding steroid dienone is 1. The molecule has 0 heterocycles. The van der Waals surface area contributed by atoms with Crippen LogP contribution >= 0.6 is 7.82 Å². The van der Waals surface area contributed by atoms with Crippen LogP contribution in [0.3, 0.4) is 0 Å². The van der Waals surface area contributed by atoms with E-state index in [2.05, 4.69) is 19.2 Å². The number of likely N-dealkylation sites (N-methyl/N-ethyl adjacent to an activating group) is 1. The standard InChI is InChI=1S/C42H85N2O6P/c1-6-8-10-12-14-15-16-17-18-19-20-21-22-23-24-25-26-27-28-29-30-31-33-35-41(45)40(43-42(46)36-34-32-13-11-9-7-2)39-50-51(47,48)49-38-37-44(3,4)5/h33,35,40-41,45H,6-32,34,36-39H2,1-5H3,(H-,43,46,47,48)/b35-33+. The molecule has 3 atom stereocenters. The lowest BCUT2D eigenvalue weighted by atomic mass is 10.0. The molecule has 304 valence electrons. The molecule has 0 aromatic rings. The lowest BCUT2D eigenvalue weighted by Crippen LogP contribution is -2.45. The summed E-state index contributed by atoms with van der Waals surface area (Å²) in [5, 5.41) is 13.7. The van der Waals surface area contributed by atoms with Gasteiger partial charge in [0.05, 0.1) is 39.9 Å². The van der Waals surface area contributed by atoms with Gasteiger partial charge in [-0.1, -0.05) is 187 Å². The molecule has 0 aliphatic heterocycles. The minimum atomic E-state index is -4.57. The van der Waals surface area contributed by atoms with Gasteiger partial charge in [-0.05, 0) is 19.3 Å². The van der Waals surface area contributed by atoms with Crippen molar-refractivity contribution in [1.82, 2.24) is 5.32 Å². The highest BCUT2D eigenvalue weighted by Gasteiger charge is 2.23. The fourth-order valence-electron chi connectivity index (χ4n) is 6.27. The first-order valence-electron chi connectivity index (χ1n) is 21.6. The maximum Gasteiger partial charge on any atom is 0.268 e. The number of unbranched alkanes of at least 4 members (excludes halogenated alkanes) is 26. The molecular weight excluding hydrogens is 659 g/mol. The fourth-order valence-corrected chi connectivity index (χ4v) is 6.99. The largest absolute Gasteiger partial charge is 0.756 e. The smallest absolute Gasteiger partial charge is 0.268 e. The Morgan fingerprint density at radius 3 is 1.47 bits per heavy atom. The Hall–Kier alpha value is -0.760. The van der Waals surface area contributed by atoms with Crippen molar-refractivity contribution in [3.05, 3.63) is 12.2 Å². The Morgan fingerprint density at radius 1 is 0.667 bits per heavy atom. The number of carbonyl (C=O) groups excluding carboxylic acids is 1. The lowest BCUT2D eigenvalue weighted by Gasteiger charge is -2.29. The van der Waals surface area contributed by atoms with Gasteiger partial charge in [0, 0.05) is 6.42 Å². The van der Waals surface area contributed by atoms with Gasteiger partial charge in [-0.15, -0.1) is 0 Å². The summed E-state index contributed by atoms with van der Waals surface area (Å²) >= 11 is 0. The number of phosphoric ester groups is 1. The molecule has 0 rings (SSSR count). The summed E-state index contributed by atoms with van der Waals surface area (Å²) in [7, 11) is 1.27. The minimum absolute atomic E-state index is 0.00129. The van der Waals surface area contributed by atoms with Gasteiger partial charge in [0.1, 0.15) is 13.2 Å². The number of nitrogens with one attached hydrogen (secondary N) is 1. The summed E-state index contributed by atoms with van der Waals surface area (Å²) in [5.41, 5.74) is 0. The summed E-state index contributed by atoms with van der Waals surface area (Å²) in [6.45, 7) is 4.58. The number of carbonyl (C=O) groups is 1. The highest BCUT2D eigenvalue weighted by molar-refractivity contribution is 7.45. The van der Waals surface area contributed by atoms with Gasteiger partial charge < -0.3 is 28.8 Å². The number of rotatable bonds is 39. The quantitative estimate of drug-likeness (QED) is 0.0281. The average molecular weight is 745 g/mol. The molecule has 0 radical (unpaired) electrons. The molecular formula is C42H85N2O6P. The van der Waals surface area contributed by atoms with Gasteiger partial charge in [-0.3, -0.25) is 9.36 Å². The van der Waals surface area contributed by atoms with Crippen molar-refractivity contribution in [3.8, 4) is 0 Å². The molecule has 0 fully saturated rings. The van der Waals surface area contributed by atoms with Gasteiger partial charge in [-0.2, -0.15) is 0 Å². The highest BCUT2D eigenvalue weighted by atomic mass is 31.2. The summed E-state index contributed by atoms with van der Waals surface area (Å²) in [6.07, 6.45) is 38.7. The van der Waals surface area contributed by atoms with Gasteiger partial charge in [0.25, 0.3) is 7.82 Å². The average Bonchev–Trinajstić information content (AvgIpc) is 3.07. The first-order chi connectivity index (χ1) is 24.5. The van der Waals surface area contributed by atoms with Crippen LogP contribution < -0.4 is 10.2 Å². The van der Waals surface area contributed by atoms with Crippen LogP contribution in [0.25, 0.3) is 0 Å². The molecule has 51 heavy (non-hydrogen) atoms. The summed E-state index contributed by atoms with van der Waals surface area (Å²) < 4.78 is 23.0. The minimum Gasteiger partial charge on any atom is -0.756 e. The van der Waals surface area contributed by atoms with Crippen molar-refractivity contribution in [2.24, 2.45) is 0 Å². The molecule has 8 nitrogen and oxygen atoms in total. The summed E-state index contributed by atoms with van der Waals surface area (Å²) in [4.78, 5) is 25.0. The Morgan fingerprint density at radius 2 is 1.06 bits per heavy atom. The second-order valence-electron chi connectivity index (χ2n) is 16.1. The van der Waals surface area contributed by atoms with E-state index in [-0.39, 0.29) is 19.1 Å². The topological polar surface area (TPSA) is 108 Å². The lowest BCUT2D eigenvalue weighted by molar-refractivity contribution is -0.870. The Balaban J connectivity index is 4.16. The third kappa shape index (κ3) is 37.4. The van der Waals surface area contributed by atoms with Crippen molar-refractivity contribution in [3.63, 3.8) is 0 Å². The van der Waals surface area contributed by atoms with Crippen LogP contribution in [0.4, 0.5) is 0 Å². The van der Waals surface area contributed by atoms with E-state index in [0.717, 1.165) is 38.5 Å². The third-order valence-electron chi connectivity index (χ3n) is 9.75. The van der Waals surface area contributed by atoms with Crippen molar-refractivity contribution >= 4 is 13.7 Å². The van der Waals surface area contributed by atoms with Crippen LogP contribution in [0, 0.1) is 0 Å². The van der Waals surface area contributed by atoms with Crippen molar-refractivity contribution in [2.75, 3.05) is 40.9 Å². The fraction of sp³-hybridized carbons (Fsp3) is 0.929. The van der Waals surface area contributed by atoms with Crippen LogP contribution in [-0.2, 0) is 18.4 Å². The molecule has 9 heteroatoms. The molecule has 0 aromatic heterocycles. The second-order valence-corrected chi connectivity index (χ2v) is 17.5. The van der Waals surface area contributed by atoms with Gasteiger partial charge in [-0.25, -0.2) is 0 Å². The normalized spacial score (nSPS) is 14.6. The number of quaternary nitrogens is 1. The zero-order chi connectivity index (χ0) is 37.9. The molecule has 0 bridgehead atoms. The van der Waals surface area contributed by atoms with Crippen LogP contribution in [0.1, 0.15) is 200 Å². The maximum atomic E-state index is 12.6. The van der Waals surface area contributed by atoms with E-state index < -0.39 is 20.0 Å². The molecule has 2 N–H and O–H groups in total. The number of phosphoric acid groups is 1. The molecule has 0 spiro atoms. The predicted molar refractivity (Wildman–Crippen MR) is 215 cm³/mol. The van der Waals surface area contributed by atoms with Crippen molar-refractivity contribution in [1.29, 1.82) is 0 Å². The van der Waals surface area contributed by atoms with E-state index in [1.807, 2.05) is 27.2 Å². The summed E-state index contributed by atoms with van der Waals surface area (Å²) in [5.74, 6) is -0.206. The first-order valence-corrected chi connectivity index (χ1v) is 23.0. The van der Waals surface area contributed by atoms with E-state index in [9.17, 15) is 19.4 Å². The van der Waals surface area contributed by atoms with Crippen molar-refractivity contribution in [2.45, 2.75) is 212 Å². The molecule has 0 aliphatic rings. The Bertz CT molecular complexity index is 850. The first kappa shape index (κ1) is 50.2.